The lowest BCUT2D eigenvalue weighted by Gasteiger charge is -2.24. The van der Waals surface area contributed by atoms with Gasteiger partial charge in [-0.05, 0) is 84.5 Å². The Morgan fingerprint density at radius 3 is 1.16 bits per heavy atom. The van der Waals surface area contributed by atoms with Crippen LogP contribution in [0.4, 0.5) is 0 Å². The molecule has 0 bridgehead atoms. The fraction of sp³-hybridized carbons (Fsp3) is 0.800. The summed E-state index contributed by atoms with van der Waals surface area (Å²) in [4.78, 5) is 25.9. The van der Waals surface area contributed by atoms with E-state index in [1.807, 2.05) is 13.8 Å². The van der Waals surface area contributed by atoms with Gasteiger partial charge in [-0.1, -0.05) is 134 Å². The minimum atomic E-state index is -0.400. The van der Waals surface area contributed by atoms with E-state index >= 15 is 0 Å². The van der Waals surface area contributed by atoms with Crippen molar-refractivity contribution in [3.63, 3.8) is 0 Å². The second-order valence-corrected chi connectivity index (χ2v) is 12.4. The van der Waals surface area contributed by atoms with Gasteiger partial charge in [0.05, 0.1) is 25.0 Å². The molecule has 0 aromatic carbocycles. The highest BCUT2D eigenvalue weighted by Gasteiger charge is 2.35. The molecule has 0 spiro atoms. The number of ether oxygens (including phenoxy) is 2. The van der Waals surface area contributed by atoms with Gasteiger partial charge in [0.1, 0.15) is 0 Å². The lowest BCUT2D eigenvalue weighted by molar-refractivity contribution is -0.161. The molecule has 44 heavy (non-hydrogen) atoms. The monoisotopic (exact) mass is 617 g/mol. The number of carbonyl (C=O) groups is 2. The molecular weight excluding hydrogens is 544 g/mol. The van der Waals surface area contributed by atoms with E-state index in [-0.39, 0.29) is 11.9 Å². The minimum absolute atomic E-state index is 0.229. The molecule has 0 rings (SSSR count). The van der Waals surface area contributed by atoms with Crippen LogP contribution in [0.2, 0.25) is 0 Å². The fourth-order valence-electron chi connectivity index (χ4n) is 5.72. The normalized spacial score (nSPS) is 13.3. The zero-order valence-corrected chi connectivity index (χ0v) is 29.6. The van der Waals surface area contributed by atoms with Crippen molar-refractivity contribution in [2.75, 3.05) is 13.2 Å². The van der Waals surface area contributed by atoms with E-state index in [2.05, 4.69) is 50.3 Å². The third-order valence-electron chi connectivity index (χ3n) is 8.41. The maximum atomic E-state index is 13.0. The molecule has 0 aliphatic heterocycles. The first kappa shape index (κ1) is 42.2. The fourth-order valence-corrected chi connectivity index (χ4v) is 5.72. The third-order valence-corrected chi connectivity index (χ3v) is 8.41. The van der Waals surface area contributed by atoms with Gasteiger partial charge in [0.25, 0.3) is 0 Å². The molecule has 256 valence electrons. The molecule has 0 fully saturated rings. The van der Waals surface area contributed by atoms with Gasteiger partial charge >= 0.3 is 11.9 Å². The second-order valence-electron chi connectivity index (χ2n) is 12.4. The van der Waals surface area contributed by atoms with E-state index in [0.29, 0.717) is 26.1 Å². The zero-order valence-electron chi connectivity index (χ0n) is 29.6. The molecule has 0 aliphatic carbocycles. The zero-order chi connectivity index (χ0) is 32.4. The highest BCUT2D eigenvalue weighted by Crippen LogP contribution is 2.28. The summed E-state index contributed by atoms with van der Waals surface area (Å²) in [6, 6.07) is 0. The van der Waals surface area contributed by atoms with Gasteiger partial charge in [-0.25, -0.2) is 0 Å². The lowest BCUT2D eigenvalue weighted by atomic mass is 9.83. The molecule has 0 heterocycles. The number of esters is 2. The molecule has 2 atom stereocenters. The minimum Gasteiger partial charge on any atom is -0.466 e. The van der Waals surface area contributed by atoms with Crippen LogP contribution in [0.5, 0.6) is 0 Å². The van der Waals surface area contributed by atoms with Crippen molar-refractivity contribution < 1.29 is 19.1 Å². The molecule has 0 amide bonds. The van der Waals surface area contributed by atoms with Crippen molar-refractivity contribution in [1.82, 2.24) is 0 Å². The largest absolute Gasteiger partial charge is 0.466 e. The van der Waals surface area contributed by atoms with Crippen LogP contribution in [0.3, 0.4) is 0 Å². The molecule has 0 aromatic rings. The quantitative estimate of drug-likeness (QED) is 0.0428. The van der Waals surface area contributed by atoms with Gasteiger partial charge in [0.15, 0.2) is 0 Å². The van der Waals surface area contributed by atoms with E-state index in [1.165, 1.54) is 77.0 Å². The van der Waals surface area contributed by atoms with Crippen molar-refractivity contribution >= 4 is 11.9 Å². The molecule has 4 nitrogen and oxygen atoms in total. The van der Waals surface area contributed by atoms with Crippen molar-refractivity contribution in [1.29, 1.82) is 0 Å². The summed E-state index contributed by atoms with van der Waals surface area (Å²) in [7, 11) is 0. The maximum Gasteiger partial charge on any atom is 0.309 e. The summed E-state index contributed by atoms with van der Waals surface area (Å²) in [6.07, 6.45) is 41.6. The highest BCUT2D eigenvalue weighted by atomic mass is 16.5. The lowest BCUT2D eigenvalue weighted by Crippen LogP contribution is -2.33. The van der Waals surface area contributed by atoms with Crippen molar-refractivity contribution in [3.05, 3.63) is 36.5 Å². The van der Waals surface area contributed by atoms with E-state index in [1.54, 1.807) is 0 Å². The van der Waals surface area contributed by atoms with Gasteiger partial charge in [0.2, 0.25) is 0 Å². The predicted octanol–water partition coefficient (Wildman–Crippen LogP) is 12.4. The smallest absolute Gasteiger partial charge is 0.309 e. The summed E-state index contributed by atoms with van der Waals surface area (Å²) in [5.41, 5.74) is 0. The van der Waals surface area contributed by atoms with Gasteiger partial charge in [0, 0.05) is 0 Å². The number of allylic oxidation sites excluding steroid dienone is 6. The van der Waals surface area contributed by atoms with Crippen LogP contribution in [-0.4, -0.2) is 25.2 Å². The van der Waals surface area contributed by atoms with E-state index in [4.69, 9.17) is 9.47 Å². The first-order valence-corrected chi connectivity index (χ1v) is 18.9. The Hall–Kier alpha value is -1.84. The molecule has 0 saturated heterocycles. The van der Waals surface area contributed by atoms with Gasteiger partial charge < -0.3 is 9.47 Å². The van der Waals surface area contributed by atoms with Crippen LogP contribution in [0.25, 0.3) is 0 Å². The second kappa shape index (κ2) is 34.0. The maximum absolute atomic E-state index is 13.0. The summed E-state index contributed by atoms with van der Waals surface area (Å²) >= 11 is 0. The average molecular weight is 617 g/mol. The van der Waals surface area contributed by atoms with Crippen LogP contribution in [-0.2, 0) is 19.1 Å². The summed E-state index contributed by atoms with van der Waals surface area (Å²) in [6.45, 7) is 8.88. The molecule has 0 saturated carbocycles. The Morgan fingerprint density at radius 1 is 0.432 bits per heavy atom. The molecule has 0 N–H and O–H groups in total. The molecule has 2 unspecified atom stereocenters. The Bertz CT molecular complexity index is 723. The molecule has 0 radical (unpaired) electrons. The molecule has 4 heteroatoms. The number of hydrogen-bond donors (Lipinski definition) is 0. The first-order chi connectivity index (χ1) is 21.6. The summed E-state index contributed by atoms with van der Waals surface area (Å²) < 4.78 is 10.9. The number of unbranched alkanes of at least 4 members (excludes halogenated alkanes) is 17. The summed E-state index contributed by atoms with van der Waals surface area (Å²) in [5, 5.41) is 0. The Morgan fingerprint density at radius 2 is 0.750 bits per heavy atom. The van der Waals surface area contributed by atoms with Crippen molar-refractivity contribution in [2.45, 2.75) is 182 Å². The highest BCUT2D eigenvalue weighted by molar-refractivity contribution is 5.82. The van der Waals surface area contributed by atoms with Gasteiger partial charge in [-0.3, -0.25) is 9.59 Å². The number of hydrogen-bond acceptors (Lipinski definition) is 4. The first-order valence-electron chi connectivity index (χ1n) is 18.9. The van der Waals surface area contributed by atoms with Crippen LogP contribution in [0.1, 0.15) is 182 Å². The molecule has 0 aliphatic rings. The van der Waals surface area contributed by atoms with E-state index in [9.17, 15) is 9.59 Å². The Kier molecular flexibility index (Phi) is 32.6. The Labute approximate surface area is 273 Å². The number of rotatable bonds is 32. The molecule has 0 aromatic heterocycles. The van der Waals surface area contributed by atoms with Crippen LogP contribution >= 0.6 is 0 Å². The standard InChI is InChI=1S/C40H72O4/c1-5-9-11-13-15-17-19-21-23-25-27-29-31-33-35-37(39(41)43-7-3)38(40(42)44-8-4)36-34-32-30-28-26-24-22-20-18-16-14-12-10-6-2/h15,17,21-24,37-38H,5-14,16,18-20,25-36H2,1-4H3/b17-15-,23-21-,24-22-. The Balaban J connectivity index is 4.43. The summed E-state index contributed by atoms with van der Waals surface area (Å²) in [5.74, 6) is -1.26. The van der Waals surface area contributed by atoms with Crippen LogP contribution in [0, 0.1) is 11.8 Å². The topological polar surface area (TPSA) is 52.6 Å². The average Bonchev–Trinajstić information content (AvgIpc) is 3.02. The predicted molar refractivity (Wildman–Crippen MR) is 190 cm³/mol. The van der Waals surface area contributed by atoms with Crippen LogP contribution < -0.4 is 0 Å². The van der Waals surface area contributed by atoms with Gasteiger partial charge in [-0.15, -0.1) is 0 Å². The van der Waals surface area contributed by atoms with Gasteiger partial charge in [-0.2, -0.15) is 0 Å². The SMILES string of the molecule is CCCCC/C=C\C/C=C\CCCCCCC(C(=O)OCC)C(CCCCCC/C=C\CCCCCCCC)C(=O)OCC. The third kappa shape index (κ3) is 26.6. The number of carbonyl (C=O) groups excluding carboxylic acids is 2. The van der Waals surface area contributed by atoms with Crippen molar-refractivity contribution in [2.24, 2.45) is 11.8 Å². The van der Waals surface area contributed by atoms with Crippen LogP contribution in [0.15, 0.2) is 36.5 Å². The van der Waals surface area contributed by atoms with Crippen molar-refractivity contribution in [3.8, 4) is 0 Å². The van der Waals surface area contributed by atoms with E-state index < -0.39 is 11.8 Å². The van der Waals surface area contributed by atoms with E-state index in [0.717, 1.165) is 64.2 Å². The molecular formula is C40H72O4.